The number of pyridine rings is 4. The van der Waals surface area contributed by atoms with Crippen LogP contribution in [0.25, 0.3) is 0 Å². The predicted octanol–water partition coefficient (Wildman–Crippen LogP) is 10.1. The number of amides is 12. The largest absolute Gasteiger partial charge is 0.481 e. The van der Waals surface area contributed by atoms with E-state index in [4.69, 9.17) is 0 Å². The Hall–Kier alpha value is -14.5. The zero-order chi connectivity index (χ0) is 89.4. The van der Waals surface area contributed by atoms with Crippen LogP contribution in [0.3, 0.4) is 0 Å². The molecule has 4 aliphatic heterocycles. The number of aromatic nitrogens is 4. The van der Waals surface area contributed by atoms with Crippen LogP contribution in [0.4, 0.5) is 42.4 Å². The van der Waals surface area contributed by atoms with Crippen molar-refractivity contribution in [1.82, 2.24) is 82.9 Å². The number of unbranched alkanes of at least 4 members (excludes halogenated alkanes) is 3. The molecule has 16 N–H and O–H groups in total. The van der Waals surface area contributed by atoms with Crippen molar-refractivity contribution in [2.75, 3.05) is 73.6 Å². The van der Waals surface area contributed by atoms with Gasteiger partial charge in [0.15, 0.2) is 0 Å². The number of hydrogen-bond acceptors (Lipinski definition) is 20. The minimum absolute atomic E-state index is 0.136. The monoisotopic (exact) mass is 1710 g/mol. The van der Waals surface area contributed by atoms with Gasteiger partial charge < -0.3 is 61.3 Å². The van der Waals surface area contributed by atoms with Crippen LogP contribution in [0, 0.1) is 20.8 Å². The molecule has 36 heteroatoms. The first-order chi connectivity index (χ1) is 60.4. The molecular formula is C89H110N20O16. The molecule has 0 spiro atoms. The molecule has 4 atom stereocenters. The molecule has 4 aliphatic rings. The standard InChI is InChI=1S/2C23H29N5O4.C22H27N5O4.C21H25N5O4/c1-16-7-6-13-25-22(16)24-12-5-4-10-20(29)26-27-23(32)28-14-11-17-8-2-3-9-18(17)19(28)15-21(30)31;1-16-9-12-25-20(14-16)24-11-5-4-8-21(29)26-27-23(32)28-13-10-17-6-2-3-7-18(17)19(28)15-22(30)31;28-20(10-4-6-13-24-19-9-3-5-12-23-19)25-26-22(31)27-14-11-16-7-1-2-8-17(16)18(27)15-21(29)30;1-14-6-9-22-18(12-14)23-10-7-19(27)24-25-21(30)26-11-8-15-4-2-3-5-16(15)17(26)13-20(28)29/h2-3,6-9,13,19H,4-5,10-12,14-15H2,1H3,(H,24,25)(H,26,29)(H,27,32)(H,30,31);2-3,6-7,9,12,14,19H,4-5,8,10-11,13,15H2,1H3,(H,24,25)(H,26,29)(H,27,32)(H,30,31);1-3,5,7-9,12,18H,4,6,10-11,13-15H2,(H,23,24)(H,25,28)(H,26,31)(H,29,30);2-6,9,12,17H,7-8,10-11,13H2,1H3,(H,22,23)(H,24,27)(H,25,30)(H,28,29). The molecule has 8 aromatic rings. The van der Waals surface area contributed by atoms with E-state index < -0.39 is 72.2 Å². The number of carboxylic acid groups (broad SMARTS) is 4. The second-order valence-corrected chi connectivity index (χ2v) is 30.1. The van der Waals surface area contributed by atoms with E-state index in [1.54, 1.807) is 24.8 Å². The number of carbonyl (C=O) groups excluding carboxylic acids is 8. The molecule has 4 aromatic heterocycles. The van der Waals surface area contributed by atoms with Gasteiger partial charge in [-0.3, -0.25) is 60.1 Å². The Morgan fingerprint density at radius 2 is 0.616 bits per heavy atom. The van der Waals surface area contributed by atoms with Crippen molar-refractivity contribution in [2.24, 2.45) is 0 Å². The van der Waals surface area contributed by atoms with E-state index in [9.17, 15) is 78.0 Å². The lowest BCUT2D eigenvalue weighted by atomic mass is 9.91. The van der Waals surface area contributed by atoms with E-state index in [2.05, 4.69) is 84.6 Å². The van der Waals surface area contributed by atoms with Crippen molar-refractivity contribution in [2.45, 2.75) is 161 Å². The van der Waals surface area contributed by atoms with E-state index in [0.29, 0.717) is 103 Å². The minimum atomic E-state index is -0.991. The Labute approximate surface area is 724 Å². The van der Waals surface area contributed by atoms with Crippen molar-refractivity contribution < 1.29 is 78.0 Å². The SMILES string of the molecule is Cc1cccnc1NCCCCC(=O)NNC(=O)N1CCc2ccccc2C1CC(=O)O.Cc1ccnc(NCCC(=O)NNC(=O)N2CCc3ccccc3C2CC(=O)O)c1.Cc1ccnc(NCCCCC(=O)NNC(=O)N2CCc3ccccc3C2CC(=O)O)c1.O=C(O)CC1c2ccccc2CCN1C(=O)NNC(=O)CCCCNc1ccccn1. The average molecular weight is 1720 g/mol. The first-order valence-corrected chi connectivity index (χ1v) is 41.6. The number of anilines is 4. The van der Waals surface area contributed by atoms with Crippen molar-refractivity contribution in [3.63, 3.8) is 0 Å². The van der Waals surface area contributed by atoms with Crippen molar-refractivity contribution in [3.8, 4) is 0 Å². The number of carboxylic acids is 4. The summed E-state index contributed by atoms with van der Waals surface area (Å²) >= 11 is 0. The third-order valence-corrected chi connectivity index (χ3v) is 21.0. The van der Waals surface area contributed by atoms with E-state index in [1.807, 2.05) is 172 Å². The minimum Gasteiger partial charge on any atom is -0.481 e. The normalized spacial score (nSPS) is 15.0. The number of aliphatic carboxylic acids is 4. The molecule has 0 bridgehead atoms. The average Bonchev–Trinajstić information content (AvgIpc) is 0.809. The molecule has 125 heavy (non-hydrogen) atoms. The maximum atomic E-state index is 12.7. The van der Waals surface area contributed by atoms with Crippen LogP contribution in [0.2, 0.25) is 0 Å². The molecule has 36 nitrogen and oxygen atoms in total. The fourth-order valence-corrected chi connectivity index (χ4v) is 14.7. The number of urea groups is 4. The first-order valence-electron chi connectivity index (χ1n) is 41.6. The van der Waals surface area contributed by atoms with E-state index in [-0.39, 0.29) is 75.0 Å². The highest BCUT2D eigenvalue weighted by Crippen LogP contribution is 2.36. The fraction of sp³-hybridized carbons (Fsp3) is 0.371. The molecule has 662 valence electrons. The second kappa shape index (κ2) is 49.4. The molecule has 12 rings (SSSR count). The van der Waals surface area contributed by atoms with Gasteiger partial charge in [-0.15, -0.1) is 0 Å². The lowest BCUT2D eigenvalue weighted by molar-refractivity contribution is -0.139. The van der Waals surface area contributed by atoms with Gasteiger partial charge in [0.05, 0.1) is 49.9 Å². The van der Waals surface area contributed by atoms with Gasteiger partial charge in [0, 0.05) is 103 Å². The Morgan fingerprint density at radius 3 is 0.944 bits per heavy atom. The number of hydrogen-bond donors (Lipinski definition) is 16. The lowest BCUT2D eigenvalue weighted by Gasteiger charge is -2.36. The molecule has 0 fully saturated rings. The van der Waals surface area contributed by atoms with Crippen LogP contribution in [0.1, 0.15) is 175 Å². The molecule has 0 saturated carbocycles. The highest BCUT2D eigenvalue weighted by atomic mass is 16.4. The number of hydrazine groups is 4. The van der Waals surface area contributed by atoms with E-state index >= 15 is 0 Å². The summed E-state index contributed by atoms with van der Waals surface area (Å²) < 4.78 is 0. The van der Waals surface area contributed by atoms with Crippen LogP contribution >= 0.6 is 0 Å². The van der Waals surface area contributed by atoms with Gasteiger partial charge in [0.25, 0.3) is 0 Å². The third kappa shape index (κ3) is 30.9. The number of aryl methyl sites for hydroxylation is 3. The maximum Gasteiger partial charge on any atom is 0.336 e. The summed E-state index contributed by atoms with van der Waals surface area (Å²) in [5, 5.41) is 49.8. The molecule has 0 saturated heterocycles. The summed E-state index contributed by atoms with van der Waals surface area (Å²) in [6, 6.07) is 42.9. The first kappa shape index (κ1) is 94.4. The molecule has 12 amide bonds. The summed E-state index contributed by atoms with van der Waals surface area (Å²) in [6.45, 7) is 9.90. The number of nitrogens with one attached hydrogen (secondary N) is 12. The Kier molecular flexibility index (Phi) is 37.3. The van der Waals surface area contributed by atoms with Crippen molar-refractivity contribution >= 4 is 94.9 Å². The molecule has 8 heterocycles. The van der Waals surface area contributed by atoms with Crippen LogP contribution in [0.15, 0.2) is 176 Å². The summed E-state index contributed by atoms with van der Waals surface area (Å²) in [5.41, 5.74) is 30.1. The summed E-state index contributed by atoms with van der Waals surface area (Å²) in [7, 11) is 0. The third-order valence-electron chi connectivity index (χ3n) is 21.0. The van der Waals surface area contributed by atoms with Gasteiger partial charge >= 0.3 is 48.0 Å². The summed E-state index contributed by atoms with van der Waals surface area (Å²) in [5.74, 6) is -2.08. The zero-order valence-corrected chi connectivity index (χ0v) is 70.2. The van der Waals surface area contributed by atoms with Crippen LogP contribution in [0.5, 0.6) is 0 Å². The molecule has 0 aliphatic carbocycles. The molecule has 4 aromatic carbocycles. The van der Waals surface area contributed by atoms with Crippen LogP contribution in [-0.4, -0.2) is 184 Å². The molecule has 0 radical (unpaired) electrons. The van der Waals surface area contributed by atoms with Gasteiger partial charge in [-0.1, -0.05) is 109 Å². The van der Waals surface area contributed by atoms with Crippen LogP contribution < -0.4 is 64.7 Å². The molecule has 4 unspecified atom stereocenters. The fourth-order valence-electron chi connectivity index (χ4n) is 14.7. The number of carbonyl (C=O) groups is 12. The highest BCUT2D eigenvalue weighted by molar-refractivity contribution is 5.85. The predicted molar refractivity (Wildman–Crippen MR) is 465 cm³/mol. The highest BCUT2D eigenvalue weighted by Gasteiger charge is 2.37. The lowest BCUT2D eigenvalue weighted by Crippen LogP contribution is -2.52. The summed E-state index contributed by atoms with van der Waals surface area (Å²) in [6.07, 6.45) is 13.9. The second-order valence-electron chi connectivity index (χ2n) is 30.1. The van der Waals surface area contributed by atoms with E-state index in [0.717, 1.165) is 97.9 Å². The Bertz CT molecular complexity index is 4990. The number of fused-ring (bicyclic) bond motifs is 4. The topological polar surface area (TPSA) is 495 Å². The van der Waals surface area contributed by atoms with Crippen LogP contribution in [-0.2, 0) is 64.0 Å². The summed E-state index contributed by atoms with van der Waals surface area (Å²) in [4.78, 5) is 167. The van der Waals surface area contributed by atoms with Gasteiger partial charge in [-0.2, -0.15) is 0 Å². The zero-order valence-electron chi connectivity index (χ0n) is 70.2. The van der Waals surface area contributed by atoms with Gasteiger partial charge in [-0.25, -0.2) is 60.8 Å². The van der Waals surface area contributed by atoms with Crippen molar-refractivity contribution in [1.29, 1.82) is 0 Å². The number of nitrogens with zero attached hydrogens (tertiary/aromatic N) is 8. The number of benzene rings is 4. The number of rotatable bonds is 30. The van der Waals surface area contributed by atoms with Gasteiger partial charge in [0.1, 0.15) is 23.3 Å². The maximum absolute atomic E-state index is 12.7. The van der Waals surface area contributed by atoms with Gasteiger partial charge in [0.2, 0.25) is 23.6 Å². The quantitative estimate of drug-likeness (QED) is 0.0147. The van der Waals surface area contributed by atoms with E-state index in [1.165, 1.54) is 19.6 Å². The van der Waals surface area contributed by atoms with Gasteiger partial charge in [-0.05, 0) is 189 Å². The smallest absolute Gasteiger partial charge is 0.336 e. The Morgan fingerprint density at radius 1 is 0.312 bits per heavy atom. The Balaban J connectivity index is 0.000000189. The molecular weight excluding hydrogens is 1610 g/mol. The van der Waals surface area contributed by atoms with Crippen molar-refractivity contribution in [3.05, 3.63) is 238 Å².